The number of imide groups is 1. The Balaban J connectivity index is 1.76. The lowest BCUT2D eigenvalue weighted by atomic mass is 9.89. The zero-order valence-corrected chi connectivity index (χ0v) is 12.1. The van der Waals surface area contributed by atoms with Crippen molar-refractivity contribution in [2.24, 2.45) is 5.41 Å². The largest absolute Gasteiger partial charge is 0.380 e. The minimum Gasteiger partial charge on any atom is -0.380 e. The molecule has 7 heteroatoms. The van der Waals surface area contributed by atoms with Crippen molar-refractivity contribution in [3.8, 4) is 0 Å². The molecule has 0 aromatic rings. The standard InChI is InChI=1S/C13H21N3O4/c1-12(2)10(18)16(11(19)15-12)5-4-9(17)14-6-13(3)7-20-8-13/h4-8H2,1-3H3,(H,14,17)(H,15,19). The summed E-state index contributed by atoms with van der Waals surface area (Å²) in [5, 5.41) is 5.39. The molecule has 0 aromatic carbocycles. The molecule has 2 rings (SSSR count). The van der Waals surface area contributed by atoms with Crippen LogP contribution in [0.15, 0.2) is 0 Å². The van der Waals surface area contributed by atoms with Gasteiger partial charge in [-0.1, -0.05) is 6.92 Å². The maximum atomic E-state index is 11.9. The fourth-order valence-corrected chi connectivity index (χ4v) is 2.19. The Hall–Kier alpha value is -1.63. The molecule has 2 heterocycles. The summed E-state index contributed by atoms with van der Waals surface area (Å²) in [4.78, 5) is 36.4. The molecule has 112 valence electrons. The minimum atomic E-state index is -0.885. The summed E-state index contributed by atoms with van der Waals surface area (Å²) < 4.78 is 5.11. The molecule has 0 aromatic heterocycles. The first-order chi connectivity index (χ1) is 9.23. The predicted octanol–water partition coefficient (Wildman–Crippen LogP) is -0.140. The number of urea groups is 1. The van der Waals surface area contributed by atoms with Gasteiger partial charge in [0.2, 0.25) is 5.91 Å². The predicted molar refractivity (Wildman–Crippen MR) is 70.9 cm³/mol. The molecule has 7 nitrogen and oxygen atoms in total. The van der Waals surface area contributed by atoms with Gasteiger partial charge in [-0.15, -0.1) is 0 Å². The van der Waals surface area contributed by atoms with Gasteiger partial charge in [0.15, 0.2) is 0 Å². The third-order valence-electron chi connectivity index (χ3n) is 3.62. The maximum absolute atomic E-state index is 11.9. The van der Waals surface area contributed by atoms with Crippen LogP contribution in [0.1, 0.15) is 27.2 Å². The number of carbonyl (C=O) groups excluding carboxylic acids is 3. The molecule has 0 atom stereocenters. The van der Waals surface area contributed by atoms with Crippen LogP contribution >= 0.6 is 0 Å². The third kappa shape index (κ3) is 2.92. The molecule has 2 aliphatic rings. The van der Waals surface area contributed by atoms with Crippen molar-refractivity contribution in [3.63, 3.8) is 0 Å². The smallest absolute Gasteiger partial charge is 0.325 e. The van der Waals surface area contributed by atoms with Crippen molar-refractivity contribution in [1.29, 1.82) is 0 Å². The SMILES string of the molecule is CC1(CNC(=O)CCN2C(=O)NC(C)(C)C2=O)COC1. The lowest BCUT2D eigenvalue weighted by Gasteiger charge is -2.38. The van der Waals surface area contributed by atoms with Crippen molar-refractivity contribution >= 4 is 17.8 Å². The normalized spacial score (nSPS) is 23.2. The molecule has 0 aliphatic carbocycles. The average Bonchev–Trinajstić information content (AvgIpc) is 2.51. The first-order valence-corrected chi connectivity index (χ1v) is 6.72. The Morgan fingerprint density at radius 2 is 2.00 bits per heavy atom. The highest BCUT2D eigenvalue weighted by Crippen LogP contribution is 2.25. The van der Waals surface area contributed by atoms with Gasteiger partial charge >= 0.3 is 6.03 Å². The Morgan fingerprint density at radius 1 is 1.35 bits per heavy atom. The van der Waals surface area contributed by atoms with E-state index in [-0.39, 0.29) is 30.2 Å². The Bertz CT molecular complexity index is 443. The highest BCUT2D eigenvalue weighted by atomic mass is 16.5. The van der Waals surface area contributed by atoms with E-state index in [4.69, 9.17) is 4.74 Å². The van der Waals surface area contributed by atoms with Crippen LogP contribution in [-0.4, -0.2) is 54.6 Å². The Kier molecular flexibility index (Phi) is 3.73. The molecule has 0 bridgehead atoms. The fraction of sp³-hybridized carbons (Fsp3) is 0.769. The lowest BCUT2D eigenvalue weighted by Crippen LogP contribution is -2.49. The summed E-state index contributed by atoms with van der Waals surface area (Å²) in [5.74, 6) is -0.460. The van der Waals surface area contributed by atoms with Crippen LogP contribution in [0.3, 0.4) is 0 Å². The second-order valence-electron chi connectivity index (χ2n) is 6.34. The van der Waals surface area contributed by atoms with E-state index in [2.05, 4.69) is 10.6 Å². The van der Waals surface area contributed by atoms with Gasteiger partial charge in [0.1, 0.15) is 5.54 Å². The van der Waals surface area contributed by atoms with Crippen LogP contribution in [0.4, 0.5) is 4.79 Å². The third-order valence-corrected chi connectivity index (χ3v) is 3.62. The number of amides is 4. The summed E-state index contributed by atoms with van der Waals surface area (Å²) >= 11 is 0. The highest BCUT2D eigenvalue weighted by Gasteiger charge is 2.44. The van der Waals surface area contributed by atoms with Crippen LogP contribution in [0.5, 0.6) is 0 Å². The quantitative estimate of drug-likeness (QED) is 0.687. The first kappa shape index (κ1) is 14.8. The monoisotopic (exact) mass is 283 g/mol. The Labute approximate surface area is 118 Å². The molecule has 2 aliphatic heterocycles. The van der Waals surface area contributed by atoms with Crippen LogP contribution in [0.2, 0.25) is 0 Å². The summed E-state index contributed by atoms with van der Waals surface area (Å²) in [6.07, 6.45) is 0.117. The molecule has 2 saturated heterocycles. The van der Waals surface area contributed by atoms with E-state index >= 15 is 0 Å². The van der Waals surface area contributed by atoms with E-state index < -0.39 is 11.6 Å². The van der Waals surface area contributed by atoms with E-state index in [1.54, 1.807) is 13.8 Å². The zero-order chi connectivity index (χ0) is 15.0. The van der Waals surface area contributed by atoms with Crippen molar-refractivity contribution in [2.45, 2.75) is 32.7 Å². The van der Waals surface area contributed by atoms with Gasteiger partial charge in [-0.3, -0.25) is 14.5 Å². The summed E-state index contributed by atoms with van der Waals surface area (Å²) in [5.41, 5.74) is -0.872. The molecule has 20 heavy (non-hydrogen) atoms. The number of hydrogen-bond donors (Lipinski definition) is 2. The number of nitrogens with zero attached hydrogens (tertiary/aromatic N) is 1. The van der Waals surface area contributed by atoms with E-state index in [1.807, 2.05) is 6.92 Å². The molecule has 0 saturated carbocycles. The Morgan fingerprint density at radius 3 is 2.45 bits per heavy atom. The fourth-order valence-electron chi connectivity index (χ4n) is 2.19. The summed E-state index contributed by atoms with van der Waals surface area (Å²) in [6, 6.07) is -0.438. The zero-order valence-electron chi connectivity index (χ0n) is 12.1. The number of nitrogens with one attached hydrogen (secondary N) is 2. The summed E-state index contributed by atoms with van der Waals surface area (Å²) in [7, 11) is 0. The topological polar surface area (TPSA) is 87.7 Å². The van der Waals surface area contributed by atoms with Gasteiger partial charge in [0.25, 0.3) is 5.91 Å². The van der Waals surface area contributed by atoms with Gasteiger partial charge in [-0.25, -0.2) is 4.79 Å². The van der Waals surface area contributed by atoms with E-state index in [0.29, 0.717) is 19.8 Å². The first-order valence-electron chi connectivity index (χ1n) is 6.72. The number of hydrogen-bond acceptors (Lipinski definition) is 4. The number of ether oxygens (including phenoxy) is 1. The van der Waals surface area contributed by atoms with Crippen LogP contribution < -0.4 is 10.6 Å². The minimum absolute atomic E-state index is 0.0124. The average molecular weight is 283 g/mol. The summed E-state index contributed by atoms with van der Waals surface area (Å²) in [6.45, 7) is 7.28. The maximum Gasteiger partial charge on any atom is 0.325 e. The van der Waals surface area contributed by atoms with E-state index in [9.17, 15) is 14.4 Å². The van der Waals surface area contributed by atoms with Crippen molar-refractivity contribution in [1.82, 2.24) is 15.5 Å². The number of rotatable bonds is 5. The molecule has 0 radical (unpaired) electrons. The van der Waals surface area contributed by atoms with Gasteiger partial charge in [-0.05, 0) is 13.8 Å². The second-order valence-corrected chi connectivity index (χ2v) is 6.34. The van der Waals surface area contributed by atoms with Crippen LogP contribution in [0.25, 0.3) is 0 Å². The lowest BCUT2D eigenvalue weighted by molar-refractivity contribution is -0.131. The van der Waals surface area contributed by atoms with E-state index in [1.165, 1.54) is 0 Å². The van der Waals surface area contributed by atoms with Gasteiger partial charge in [0.05, 0.1) is 13.2 Å². The van der Waals surface area contributed by atoms with Crippen molar-refractivity contribution < 1.29 is 19.1 Å². The van der Waals surface area contributed by atoms with Gasteiger partial charge in [-0.2, -0.15) is 0 Å². The second kappa shape index (κ2) is 5.05. The van der Waals surface area contributed by atoms with Gasteiger partial charge < -0.3 is 15.4 Å². The van der Waals surface area contributed by atoms with Gasteiger partial charge in [0, 0.05) is 24.9 Å². The number of carbonyl (C=O) groups is 3. The van der Waals surface area contributed by atoms with Crippen molar-refractivity contribution in [3.05, 3.63) is 0 Å². The molecule has 0 unspecified atom stereocenters. The molecule has 2 fully saturated rings. The molecular formula is C13H21N3O4. The molecule has 4 amide bonds. The highest BCUT2D eigenvalue weighted by molar-refractivity contribution is 6.06. The van der Waals surface area contributed by atoms with Crippen LogP contribution in [0, 0.1) is 5.41 Å². The van der Waals surface area contributed by atoms with Crippen molar-refractivity contribution in [2.75, 3.05) is 26.3 Å². The van der Waals surface area contributed by atoms with E-state index in [0.717, 1.165) is 4.90 Å². The van der Waals surface area contributed by atoms with Crippen LogP contribution in [-0.2, 0) is 14.3 Å². The molecule has 0 spiro atoms. The molecular weight excluding hydrogens is 262 g/mol. The molecule has 2 N–H and O–H groups in total.